The lowest BCUT2D eigenvalue weighted by molar-refractivity contribution is 0.0383. The molecule has 2 saturated heterocycles. The van der Waals surface area contributed by atoms with Crippen molar-refractivity contribution in [3.63, 3.8) is 0 Å². The highest BCUT2D eigenvalue weighted by atomic mass is 16.5. The summed E-state index contributed by atoms with van der Waals surface area (Å²) in [6, 6.07) is 0.491. The lowest BCUT2D eigenvalue weighted by Gasteiger charge is -2.30. The first-order valence-electron chi connectivity index (χ1n) is 4.85. The van der Waals surface area contributed by atoms with Crippen molar-refractivity contribution in [2.75, 3.05) is 26.7 Å². The van der Waals surface area contributed by atoms with Gasteiger partial charge in [0.25, 0.3) is 0 Å². The van der Waals surface area contributed by atoms with Crippen LogP contribution >= 0.6 is 0 Å². The Morgan fingerprint density at radius 1 is 1.69 bits per heavy atom. The van der Waals surface area contributed by atoms with E-state index in [1.54, 1.807) is 4.90 Å². The molecule has 2 unspecified atom stereocenters. The first kappa shape index (κ1) is 8.81. The van der Waals surface area contributed by atoms with E-state index in [0.29, 0.717) is 12.1 Å². The van der Waals surface area contributed by atoms with Crippen molar-refractivity contribution < 1.29 is 9.53 Å². The summed E-state index contributed by atoms with van der Waals surface area (Å²) in [5, 5.41) is 0. The highest BCUT2D eigenvalue weighted by Gasteiger charge is 2.42. The molecule has 13 heavy (non-hydrogen) atoms. The van der Waals surface area contributed by atoms with Gasteiger partial charge in [0.15, 0.2) is 0 Å². The number of hydrogen-bond donors (Lipinski definition) is 0. The number of rotatable bonds is 1. The number of hydrogen-bond acceptors (Lipinski definition) is 2. The van der Waals surface area contributed by atoms with E-state index >= 15 is 0 Å². The Hall–Kier alpha value is -0.770. The highest BCUT2D eigenvalue weighted by molar-refractivity contribution is 5.75. The van der Waals surface area contributed by atoms with E-state index in [2.05, 4.69) is 0 Å². The van der Waals surface area contributed by atoms with Crippen LogP contribution in [-0.2, 0) is 4.74 Å². The van der Waals surface area contributed by atoms with Gasteiger partial charge < -0.3 is 14.5 Å². The van der Waals surface area contributed by atoms with Crippen molar-refractivity contribution in [3.05, 3.63) is 0 Å². The number of nitrogens with zero attached hydrogens (tertiary/aromatic N) is 2. The summed E-state index contributed by atoms with van der Waals surface area (Å²) in [6.07, 6.45) is 1.34. The molecule has 0 aromatic carbocycles. The maximum Gasteiger partial charge on any atom is 0.320 e. The van der Waals surface area contributed by atoms with Crippen molar-refractivity contribution in [2.24, 2.45) is 0 Å². The van der Waals surface area contributed by atoms with Crippen LogP contribution in [0.3, 0.4) is 0 Å². The second kappa shape index (κ2) is 3.18. The van der Waals surface area contributed by atoms with Crippen molar-refractivity contribution in [3.8, 4) is 0 Å². The number of ether oxygens (including phenoxy) is 1. The molecule has 0 spiro atoms. The summed E-state index contributed by atoms with van der Waals surface area (Å²) in [6.45, 7) is 4.28. The molecule has 4 nitrogen and oxygen atoms in total. The smallest absolute Gasteiger partial charge is 0.320 e. The first-order chi connectivity index (χ1) is 6.22. The molecule has 2 atom stereocenters. The van der Waals surface area contributed by atoms with Gasteiger partial charge in [-0.25, -0.2) is 4.79 Å². The van der Waals surface area contributed by atoms with Gasteiger partial charge in [-0.1, -0.05) is 0 Å². The third kappa shape index (κ3) is 1.39. The van der Waals surface area contributed by atoms with E-state index < -0.39 is 0 Å². The predicted octanol–water partition coefficient (Wildman–Crippen LogP) is 0.531. The number of carbonyl (C=O) groups excluding carboxylic acids is 1. The van der Waals surface area contributed by atoms with Crippen molar-refractivity contribution in [1.29, 1.82) is 0 Å². The molecule has 0 aliphatic carbocycles. The van der Waals surface area contributed by atoms with E-state index in [1.807, 2.05) is 18.9 Å². The quantitative estimate of drug-likeness (QED) is 0.595. The van der Waals surface area contributed by atoms with E-state index in [0.717, 1.165) is 26.1 Å². The van der Waals surface area contributed by atoms with Crippen molar-refractivity contribution in [2.45, 2.75) is 25.5 Å². The summed E-state index contributed by atoms with van der Waals surface area (Å²) in [7, 11) is 1.84. The van der Waals surface area contributed by atoms with Crippen LogP contribution in [0.1, 0.15) is 13.3 Å². The van der Waals surface area contributed by atoms with Crippen LogP contribution in [0.25, 0.3) is 0 Å². The Morgan fingerprint density at radius 3 is 2.92 bits per heavy atom. The molecular formula is C9H16N2O2. The van der Waals surface area contributed by atoms with Gasteiger partial charge in [0.1, 0.15) is 0 Å². The Bertz CT molecular complexity index is 220. The zero-order chi connectivity index (χ0) is 9.42. The van der Waals surface area contributed by atoms with E-state index in [4.69, 9.17) is 4.74 Å². The SMILES string of the molecule is CCN(C)C(=O)N1CC2CC1CO2. The minimum atomic E-state index is 0.151. The molecule has 2 bridgehead atoms. The molecule has 0 N–H and O–H groups in total. The first-order valence-corrected chi connectivity index (χ1v) is 4.85. The molecule has 2 heterocycles. The van der Waals surface area contributed by atoms with E-state index in [1.165, 1.54) is 0 Å². The highest BCUT2D eigenvalue weighted by Crippen LogP contribution is 2.28. The fourth-order valence-corrected chi connectivity index (χ4v) is 1.99. The average molecular weight is 184 g/mol. The number of carbonyl (C=O) groups is 1. The average Bonchev–Trinajstić information content (AvgIpc) is 2.76. The molecular weight excluding hydrogens is 168 g/mol. The zero-order valence-electron chi connectivity index (χ0n) is 8.19. The maximum absolute atomic E-state index is 11.8. The van der Waals surface area contributed by atoms with Crippen LogP contribution in [0.2, 0.25) is 0 Å². The van der Waals surface area contributed by atoms with Gasteiger partial charge in [0, 0.05) is 20.1 Å². The maximum atomic E-state index is 11.8. The van der Waals surface area contributed by atoms with Crippen LogP contribution in [0.5, 0.6) is 0 Å². The number of amides is 2. The summed E-state index contributed by atoms with van der Waals surface area (Å²) in [5.41, 5.74) is 0. The lowest BCUT2D eigenvalue weighted by Crippen LogP contribution is -2.47. The van der Waals surface area contributed by atoms with Gasteiger partial charge in [-0.05, 0) is 13.3 Å². The summed E-state index contributed by atoms with van der Waals surface area (Å²) in [5.74, 6) is 0. The molecule has 0 radical (unpaired) electrons. The molecule has 2 rings (SSSR count). The molecule has 0 aromatic rings. The van der Waals surface area contributed by atoms with Crippen LogP contribution < -0.4 is 0 Å². The Morgan fingerprint density at radius 2 is 2.46 bits per heavy atom. The minimum Gasteiger partial charge on any atom is -0.374 e. The van der Waals surface area contributed by atoms with Crippen molar-refractivity contribution in [1.82, 2.24) is 9.80 Å². The van der Waals surface area contributed by atoms with E-state index in [9.17, 15) is 4.79 Å². The van der Waals surface area contributed by atoms with Crippen molar-refractivity contribution >= 4 is 6.03 Å². The van der Waals surface area contributed by atoms with E-state index in [-0.39, 0.29) is 6.03 Å². The largest absolute Gasteiger partial charge is 0.374 e. The molecule has 2 aliphatic rings. The molecule has 2 amide bonds. The second-order valence-corrected chi connectivity index (χ2v) is 3.79. The third-order valence-corrected chi connectivity index (χ3v) is 2.95. The number of morpholine rings is 1. The van der Waals surface area contributed by atoms with Crippen LogP contribution in [-0.4, -0.2) is 54.7 Å². The number of urea groups is 1. The Balaban J connectivity index is 1.98. The van der Waals surface area contributed by atoms with Gasteiger partial charge in [-0.2, -0.15) is 0 Å². The minimum absolute atomic E-state index is 0.151. The molecule has 4 heteroatoms. The normalized spacial score (nSPS) is 31.1. The van der Waals surface area contributed by atoms with Crippen LogP contribution in [0, 0.1) is 0 Å². The molecule has 2 fully saturated rings. The summed E-state index contributed by atoms with van der Waals surface area (Å²) < 4.78 is 5.43. The molecule has 74 valence electrons. The monoisotopic (exact) mass is 184 g/mol. The summed E-state index contributed by atoms with van der Waals surface area (Å²) in [4.78, 5) is 15.5. The second-order valence-electron chi connectivity index (χ2n) is 3.79. The van der Waals surface area contributed by atoms with Gasteiger partial charge in [-0.3, -0.25) is 0 Å². The van der Waals surface area contributed by atoms with Crippen LogP contribution in [0.15, 0.2) is 0 Å². The third-order valence-electron chi connectivity index (χ3n) is 2.95. The fraction of sp³-hybridized carbons (Fsp3) is 0.889. The number of likely N-dealkylation sites (tertiary alicyclic amines) is 1. The molecule has 2 aliphatic heterocycles. The van der Waals surface area contributed by atoms with Crippen LogP contribution in [0.4, 0.5) is 4.79 Å². The Labute approximate surface area is 78.4 Å². The predicted molar refractivity (Wildman–Crippen MR) is 48.6 cm³/mol. The summed E-state index contributed by atoms with van der Waals surface area (Å²) >= 11 is 0. The van der Waals surface area contributed by atoms with Gasteiger partial charge >= 0.3 is 6.03 Å². The van der Waals surface area contributed by atoms with Gasteiger partial charge in [0.2, 0.25) is 0 Å². The standard InChI is InChI=1S/C9H16N2O2/c1-3-10(2)9(12)11-5-8-4-7(11)6-13-8/h7-8H,3-6H2,1-2H3. The molecule has 0 aromatic heterocycles. The van der Waals surface area contributed by atoms with Gasteiger partial charge in [0.05, 0.1) is 18.8 Å². The topological polar surface area (TPSA) is 32.8 Å². The zero-order valence-corrected chi connectivity index (χ0v) is 8.19. The van der Waals surface area contributed by atoms with Gasteiger partial charge in [-0.15, -0.1) is 0 Å². The Kier molecular flexibility index (Phi) is 2.15. The fourth-order valence-electron chi connectivity index (χ4n) is 1.99. The molecule has 0 saturated carbocycles. The lowest BCUT2D eigenvalue weighted by atomic mass is 10.2. The number of fused-ring (bicyclic) bond motifs is 2.